The van der Waals surface area contributed by atoms with Crippen LogP contribution in [0.25, 0.3) is 44.2 Å². The lowest BCUT2D eigenvalue weighted by molar-refractivity contribution is 0.0976. The highest BCUT2D eigenvalue weighted by atomic mass is 32.1. The van der Waals surface area contributed by atoms with Gasteiger partial charge < -0.3 is 0 Å². The maximum Gasteiger partial charge on any atom is 0.271 e. The predicted molar refractivity (Wildman–Crippen MR) is 137 cm³/mol. The Hall–Kier alpha value is -4.43. The summed E-state index contributed by atoms with van der Waals surface area (Å²) >= 11 is 1.57. The van der Waals surface area contributed by atoms with Gasteiger partial charge in [-0.25, -0.2) is 9.38 Å². The Labute approximate surface area is 204 Å². The van der Waals surface area contributed by atoms with Crippen LogP contribution in [0.4, 0.5) is 0 Å². The van der Waals surface area contributed by atoms with Gasteiger partial charge >= 0.3 is 0 Å². The summed E-state index contributed by atoms with van der Waals surface area (Å²) in [6.45, 7) is 1.75. The number of thiophene rings is 1. The van der Waals surface area contributed by atoms with Crippen molar-refractivity contribution in [3.63, 3.8) is 0 Å². The Bertz CT molecular complexity index is 1750. The number of hydrogen-bond acceptors (Lipinski definition) is 6. The molecule has 7 nitrogen and oxygen atoms in total. The van der Waals surface area contributed by atoms with Crippen molar-refractivity contribution >= 4 is 33.9 Å². The number of ketones is 1. The van der Waals surface area contributed by atoms with Gasteiger partial charge in [0.15, 0.2) is 11.4 Å². The molecule has 0 aliphatic rings. The molecule has 4 heterocycles. The Kier molecular flexibility index (Phi) is 5.08. The zero-order valence-electron chi connectivity index (χ0n) is 18.8. The minimum absolute atomic E-state index is 0.0621. The van der Waals surface area contributed by atoms with Crippen molar-refractivity contribution in [2.24, 2.45) is 0 Å². The average molecular weight is 478 g/mol. The average Bonchev–Trinajstić information content (AvgIpc) is 3.58. The topological polar surface area (TPSA) is 82.2 Å². The quantitative estimate of drug-likeness (QED) is 0.310. The highest BCUT2D eigenvalue weighted by molar-refractivity contribution is 7.13. The lowest BCUT2D eigenvalue weighted by Crippen LogP contribution is -2.20. The summed E-state index contributed by atoms with van der Waals surface area (Å²) < 4.78 is 2.85. The SMILES string of the molecule is CCC(=O)c1nn(-c2ccccc2)c2nc3nc(-c4cccs4)cc(-c4ccccc4)c3c(=O)n12. The van der Waals surface area contributed by atoms with Gasteiger partial charge in [0.05, 0.1) is 21.6 Å². The predicted octanol–water partition coefficient (Wildman–Crippen LogP) is 5.42. The molecule has 0 N–H and O–H groups in total. The largest absolute Gasteiger partial charge is 0.291 e. The zero-order chi connectivity index (χ0) is 23.9. The van der Waals surface area contributed by atoms with E-state index in [9.17, 15) is 9.59 Å². The molecule has 0 aliphatic heterocycles. The number of nitrogens with zero attached hydrogens (tertiary/aromatic N) is 5. The summed E-state index contributed by atoms with van der Waals surface area (Å²) in [6.07, 6.45) is 0.215. The summed E-state index contributed by atoms with van der Waals surface area (Å²) in [5.41, 5.74) is 2.96. The first kappa shape index (κ1) is 21.1. The molecule has 0 atom stereocenters. The second kappa shape index (κ2) is 8.41. The second-order valence-corrected chi connectivity index (χ2v) is 8.94. The van der Waals surface area contributed by atoms with E-state index in [0.717, 1.165) is 16.1 Å². The molecule has 2 aromatic carbocycles. The van der Waals surface area contributed by atoms with Gasteiger partial charge in [-0.05, 0) is 35.2 Å². The van der Waals surface area contributed by atoms with Crippen LogP contribution in [0, 0.1) is 0 Å². The van der Waals surface area contributed by atoms with E-state index in [1.165, 1.54) is 9.08 Å². The fourth-order valence-corrected chi connectivity index (χ4v) is 4.85. The van der Waals surface area contributed by atoms with Crippen molar-refractivity contribution in [1.82, 2.24) is 24.1 Å². The Morgan fingerprint density at radius 3 is 2.37 bits per heavy atom. The van der Waals surface area contributed by atoms with Crippen molar-refractivity contribution in [2.75, 3.05) is 0 Å². The molecule has 0 amide bonds. The number of benzene rings is 2. The number of carbonyl (C=O) groups excluding carboxylic acids is 1. The van der Waals surface area contributed by atoms with E-state index >= 15 is 0 Å². The van der Waals surface area contributed by atoms with Crippen LogP contribution in [0.5, 0.6) is 0 Å². The second-order valence-electron chi connectivity index (χ2n) is 8.00. The summed E-state index contributed by atoms with van der Waals surface area (Å²) in [6, 6.07) is 24.9. The smallest absolute Gasteiger partial charge is 0.271 e. The van der Waals surface area contributed by atoms with Crippen LogP contribution in [0.15, 0.2) is 89.0 Å². The molecule has 0 spiro atoms. The molecule has 170 valence electrons. The van der Waals surface area contributed by atoms with E-state index in [-0.39, 0.29) is 29.4 Å². The van der Waals surface area contributed by atoms with Gasteiger partial charge in [-0.3, -0.25) is 9.59 Å². The first-order chi connectivity index (χ1) is 17.2. The molecule has 6 rings (SSSR count). The number of carbonyl (C=O) groups is 1. The van der Waals surface area contributed by atoms with Crippen LogP contribution in [0.1, 0.15) is 24.0 Å². The molecular weight excluding hydrogens is 458 g/mol. The van der Waals surface area contributed by atoms with Crippen molar-refractivity contribution in [2.45, 2.75) is 13.3 Å². The van der Waals surface area contributed by atoms with Crippen LogP contribution in [0.3, 0.4) is 0 Å². The van der Waals surface area contributed by atoms with E-state index in [2.05, 4.69) is 5.10 Å². The maximum atomic E-state index is 14.0. The fourth-order valence-electron chi connectivity index (χ4n) is 4.16. The van der Waals surface area contributed by atoms with Gasteiger partial charge in [0, 0.05) is 12.0 Å². The third-order valence-electron chi connectivity index (χ3n) is 5.85. The first-order valence-corrected chi connectivity index (χ1v) is 12.1. The molecular formula is C27H19N5O2S. The van der Waals surface area contributed by atoms with Gasteiger partial charge in [0.25, 0.3) is 5.56 Å². The van der Waals surface area contributed by atoms with Crippen molar-refractivity contribution in [3.05, 3.63) is 100 Å². The Morgan fingerprint density at radius 1 is 0.943 bits per heavy atom. The minimum Gasteiger partial charge on any atom is -0.291 e. The van der Waals surface area contributed by atoms with Crippen molar-refractivity contribution in [1.29, 1.82) is 0 Å². The monoisotopic (exact) mass is 477 g/mol. The maximum absolute atomic E-state index is 14.0. The number of para-hydroxylation sites is 1. The Balaban J connectivity index is 1.78. The number of aromatic nitrogens is 5. The minimum atomic E-state index is -0.368. The Morgan fingerprint density at radius 2 is 1.69 bits per heavy atom. The zero-order valence-corrected chi connectivity index (χ0v) is 19.6. The van der Waals surface area contributed by atoms with E-state index in [1.807, 2.05) is 84.2 Å². The number of fused-ring (bicyclic) bond motifs is 2. The third kappa shape index (κ3) is 3.46. The summed E-state index contributed by atoms with van der Waals surface area (Å²) in [5, 5.41) is 6.87. The van der Waals surface area contributed by atoms with Crippen molar-refractivity contribution < 1.29 is 4.79 Å². The van der Waals surface area contributed by atoms with Crippen LogP contribution < -0.4 is 5.56 Å². The van der Waals surface area contributed by atoms with Gasteiger partial charge in [-0.1, -0.05) is 61.5 Å². The molecule has 0 unspecified atom stereocenters. The molecule has 0 aliphatic carbocycles. The molecule has 0 radical (unpaired) electrons. The molecule has 0 fully saturated rings. The first-order valence-electron chi connectivity index (χ1n) is 11.2. The lowest BCUT2D eigenvalue weighted by atomic mass is 10.0. The molecule has 35 heavy (non-hydrogen) atoms. The molecule has 8 heteroatoms. The fraction of sp³-hybridized carbons (Fsp3) is 0.0741. The third-order valence-corrected chi connectivity index (χ3v) is 6.74. The van der Waals surface area contributed by atoms with E-state index in [0.29, 0.717) is 22.3 Å². The van der Waals surface area contributed by atoms with E-state index in [1.54, 1.807) is 18.3 Å². The van der Waals surface area contributed by atoms with Gasteiger partial charge in [-0.2, -0.15) is 9.67 Å². The highest BCUT2D eigenvalue weighted by Crippen LogP contribution is 2.32. The summed E-state index contributed by atoms with van der Waals surface area (Å²) in [4.78, 5) is 37.5. The summed E-state index contributed by atoms with van der Waals surface area (Å²) in [7, 11) is 0. The number of rotatable bonds is 5. The van der Waals surface area contributed by atoms with Crippen LogP contribution in [-0.4, -0.2) is 29.9 Å². The van der Waals surface area contributed by atoms with Gasteiger partial charge in [0.2, 0.25) is 11.6 Å². The standard InChI is InChI=1S/C27H19N5O2S/c1-2-21(33)25-30-32(18-12-7-4-8-13-18)27-29-24-23(26(34)31(25)27)19(17-10-5-3-6-11-17)16-20(28-24)22-14-9-15-35-22/h3-16H,2H2,1H3. The molecule has 4 aromatic heterocycles. The number of hydrogen-bond donors (Lipinski definition) is 0. The molecule has 6 aromatic rings. The van der Waals surface area contributed by atoms with E-state index < -0.39 is 0 Å². The molecule has 0 saturated heterocycles. The summed E-state index contributed by atoms with van der Waals surface area (Å²) in [5.74, 6) is 0.0739. The van der Waals surface area contributed by atoms with Gasteiger partial charge in [-0.15, -0.1) is 16.4 Å². The lowest BCUT2D eigenvalue weighted by Gasteiger charge is -2.10. The van der Waals surface area contributed by atoms with Crippen molar-refractivity contribution in [3.8, 4) is 27.4 Å². The molecule has 0 saturated carbocycles. The van der Waals surface area contributed by atoms with Crippen LogP contribution in [0.2, 0.25) is 0 Å². The van der Waals surface area contributed by atoms with Crippen LogP contribution in [-0.2, 0) is 0 Å². The number of pyridine rings is 1. The molecule has 0 bridgehead atoms. The highest BCUT2D eigenvalue weighted by Gasteiger charge is 2.24. The number of Topliss-reactive ketones (excluding diaryl/α,β-unsaturated/α-hetero) is 1. The van der Waals surface area contributed by atoms with Crippen LogP contribution >= 0.6 is 11.3 Å². The normalized spacial score (nSPS) is 11.3. The van der Waals surface area contributed by atoms with E-state index in [4.69, 9.17) is 9.97 Å². The van der Waals surface area contributed by atoms with Gasteiger partial charge in [0.1, 0.15) is 0 Å².